The van der Waals surface area contributed by atoms with Gasteiger partial charge in [-0.2, -0.15) is 22.0 Å². The molecule has 4 heterocycles. The molecule has 3 aromatic heterocycles. The molecule has 4 aromatic rings. The average Bonchev–Trinajstić information content (AvgIpc) is 3.38. The van der Waals surface area contributed by atoms with Crippen LogP contribution in [0, 0.1) is 5.82 Å². The van der Waals surface area contributed by atoms with Gasteiger partial charge in [-0.3, -0.25) is 9.30 Å². The summed E-state index contributed by atoms with van der Waals surface area (Å²) in [5, 5.41) is 8.20. The van der Waals surface area contributed by atoms with Gasteiger partial charge < -0.3 is 10.5 Å². The molecule has 1 saturated heterocycles. The highest BCUT2D eigenvalue weighted by atomic mass is 35.5. The normalized spacial score (nSPS) is 17.1. The van der Waals surface area contributed by atoms with Crippen molar-refractivity contribution in [1.29, 1.82) is 0 Å². The second kappa shape index (κ2) is 10.9. The topological polar surface area (TPSA) is 81.6 Å². The zero-order valence-electron chi connectivity index (χ0n) is 18.7. The number of rotatable bonds is 5. The van der Waals surface area contributed by atoms with Crippen molar-refractivity contribution in [1.82, 2.24) is 24.5 Å². The third kappa shape index (κ3) is 5.69. The zero-order valence-corrected chi connectivity index (χ0v) is 20.3. The Morgan fingerprint density at radius 3 is 2.46 bits per heavy atom. The van der Waals surface area contributed by atoms with E-state index in [1.54, 1.807) is 0 Å². The van der Waals surface area contributed by atoms with Gasteiger partial charge in [-0.25, -0.2) is 9.37 Å². The standard InChI is InChI=1S/C22H18F6N6O.2ClH/c23-13-7-11-1-3-15(30-18(11)16(8-13)35-21(24)25)20-32-31-17-4-2-12(9-34(17)20)19(22(26,27)28)33-6-5-14(29)10-33;;/h1-4,7-9,14,19,21H,5-6,10,29H2;2*1H/t14?,19-;;/m1../s1. The van der Waals surface area contributed by atoms with E-state index in [0.29, 0.717) is 6.42 Å². The number of benzene rings is 1. The first-order valence-electron chi connectivity index (χ1n) is 10.6. The van der Waals surface area contributed by atoms with E-state index in [4.69, 9.17) is 5.73 Å². The number of alkyl halides is 5. The molecule has 0 aliphatic carbocycles. The minimum Gasteiger partial charge on any atom is -0.432 e. The molecule has 0 spiro atoms. The lowest BCUT2D eigenvalue weighted by atomic mass is 10.1. The second-order valence-corrected chi connectivity index (χ2v) is 8.25. The molecule has 2 N–H and O–H groups in total. The maximum Gasteiger partial charge on any atom is 0.408 e. The minimum absolute atomic E-state index is 0. The molecule has 7 nitrogen and oxygen atoms in total. The van der Waals surface area contributed by atoms with E-state index >= 15 is 0 Å². The van der Waals surface area contributed by atoms with Crippen molar-refractivity contribution in [3.05, 3.63) is 54.0 Å². The molecule has 15 heteroatoms. The van der Waals surface area contributed by atoms with E-state index in [0.717, 1.165) is 12.1 Å². The van der Waals surface area contributed by atoms with Gasteiger partial charge in [0.05, 0.1) is 0 Å². The maximum absolute atomic E-state index is 14.0. The maximum atomic E-state index is 14.0. The highest BCUT2D eigenvalue weighted by Gasteiger charge is 2.46. The lowest BCUT2D eigenvalue weighted by molar-refractivity contribution is -0.183. The number of fused-ring (bicyclic) bond motifs is 2. The van der Waals surface area contributed by atoms with Gasteiger partial charge in [-0.05, 0) is 30.2 Å². The average molecular weight is 569 g/mol. The smallest absolute Gasteiger partial charge is 0.408 e. The highest BCUT2D eigenvalue weighted by Crippen LogP contribution is 2.39. The Morgan fingerprint density at radius 1 is 1.05 bits per heavy atom. The molecular weight excluding hydrogens is 549 g/mol. The predicted molar refractivity (Wildman–Crippen MR) is 128 cm³/mol. The van der Waals surface area contributed by atoms with Crippen LogP contribution < -0.4 is 10.5 Å². The molecule has 0 radical (unpaired) electrons. The third-order valence-corrected chi connectivity index (χ3v) is 5.84. The van der Waals surface area contributed by atoms with Crippen molar-refractivity contribution < 1.29 is 31.1 Å². The molecule has 0 bridgehead atoms. The minimum atomic E-state index is -4.56. The van der Waals surface area contributed by atoms with Crippen molar-refractivity contribution in [2.24, 2.45) is 5.73 Å². The summed E-state index contributed by atoms with van der Waals surface area (Å²) in [7, 11) is 0. The fourth-order valence-electron chi connectivity index (χ4n) is 4.38. The molecule has 1 aliphatic rings. The first kappa shape index (κ1) is 28.7. The summed E-state index contributed by atoms with van der Waals surface area (Å²) in [6, 6.07) is 5.26. The van der Waals surface area contributed by atoms with Crippen LogP contribution >= 0.6 is 24.8 Å². The summed E-state index contributed by atoms with van der Waals surface area (Å²) < 4.78 is 87.4. The lowest BCUT2D eigenvalue weighted by Crippen LogP contribution is -2.38. The van der Waals surface area contributed by atoms with Gasteiger partial charge in [0.2, 0.25) is 0 Å². The van der Waals surface area contributed by atoms with Crippen molar-refractivity contribution in [3.63, 3.8) is 0 Å². The number of pyridine rings is 2. The van der Waals surface area contributed by atoms with Crippen molar-refractivity contribution in [2.45, 2.75) is 31.3 Å². The predicted octanol–water partition coefficient (Wildman–Crippen LogP) is 5.17. The molecule has 0 saturated carbocycles. The van der Waals surface area contributed by atoms with Crippen LogP contribution in [0.5, 0.6) is 5.75 Å². The van der Waals surface area contributed by atoms with Crippen LogP contribution in [0.15, 0.2) is 42.6 Å². The Bertz CT molecular complexity index is 1400. The molecule has 200 valence electrons. The fourth-order valence-corrected chi connectivity index (χ4v) is 4.38. The largest absolute Gasteiger partial charge is 0.432 e. The Balaban J connectivity index is 0.00000190. The van der Waals surface area contributed by atoms with Crippen LogP contribution in [-0.4, -0.2) is 56.4 Å². The summed E-state index contributed by atoms with van der Waals surface area (Å²) >= 11 is 0. The number of aromatic nitrogens is 4. The van der Waals surface area contributed by atoms with Gasteiger partial charge in [0.15, 0.2) is 17.2 Å². The molecule has 1 unspecified atom stereocenters. The molecular formula is C22H20Cl2F6N6O. The number of hydrogen-bond donors (Lipinski definition) is 1. The van der Waals surface area contributed by atoms with Gasteiger partial charge >= 0.3 is 12.8 Å². The second-order valence-electron chi connectivity index (χ2n) is 8.25. The fraction of sp³-hybridized carbons (Fsp3) is 0.318. The number of halogens is 8. The number of hydrogen-bond acceptors (Lipinski definition) is 6. The monoisotopic (exact) mass is 568 g/mol. The highest BCUT2D eigenvalue weighted by molar-refractivity contribution is 5.86. The lowest BCUT2D eigenvalue weighted by Gasteiger charge is -2.30. The number of nitrogens with zero attached hydrogens (tertiary/aromatic N) is 5. The van der Waals surface area contributed by atoms with Crippen LogP contribution in [0.4, 0.5) is 26.3 Å². The summed E-state index contributed by atoms with van der Waals surface area (Å²) in [4.78, 5) is 5.56. The first-order valence-corrected chi connectivity index (χ1v) is 10.6. The molecule has 1 fully saturated rings. The van der Waals surface area contributed by atoms with E-state index in [9.17, 15) is 26.3 Å². The number of likely N-dealkylation sites (tertiary alicyclic amines) is 1. The van der Waals surface area contributed by atoms with Gasteiger partial charge in [0.25, 0.3) is 0 Å². The Labute approximate surface area is 218 Å². The SMILES string of the molecule is Cl.Cl.NC1CCN([C@H](c2ccc3nnc(-c4ccc5cc(F)cc(OC(F)F)c5n4)n3c2)C(F)(F)F)C1. The molecule has 1 aromatic carbocycles. The van der Waals surface area contributed by atoms with Crippen LogP contribution in [0.2, 0.25) is 0 Å². The summed E-state index contributed by atoms with van der Waals surface area (Å²) in [5.74, 6) is -1.19. The third-order valence-electron chi connectivity index (χ3n) is 5.84. The van der Waals surface area contributed by atoms with Gasteiger partial charge in [0, 0.05) is 36.8 Å². The van der Waals surface area contributed by atoms with Crippen LogP contribution in [-0.2, 0) is 0 Å². The number of ether oxygens (including phenoxy) is 1. The molecule has 5 rings (SSSR count). The molecule has 2 atom stereocenters. The van der Waals surface area contributed by atoms with E-state index in [1.165, 1.54) is 39.8 Å². The Kier molecular flexibility index (Phi) is 8.42. The van der Waals surface area contributed by atoms with Gasteiger partial charge in [0.1, 0.15) is 23.1 Å². The quantitative estimate of drug-likeness (QED) is 0.335. The van der Waals surface area contributed by atoms with Crippen LogP contribution in [0.25, 0.3) is 28.1 Å². The van der Waals surface area contributed by atoms with Gasteiger partial charge in [-0.1, -0.05) is 12.1 Å². The van der Waals surface area contributed by atoms with E-state index in [2.05, 4.69) is 19.9 Å². The van der Waals surface area contributed by atoms with Crippen molar-refractivity contribution >= 4 is 41.4 Å². The van der Waals surface area contributed by atoms with Crippen molar-refractivity contribution in [3.8, 4) is 17.3 Å². The van der Waals surface area contributed by atoms with Gasteiger partial charge in [-0.15, -0.1) is 35.0 Å². The molecule has 1 aliphatic heterocycles. The first-order chi connectivity index (χ1) is 16.6. The van der Waals surface area contributed by atoms with E-state index < -0.39 is 30.4 Å². The Morgan fingerprint density at radius 2 is 1.81 bits per heavy atom. The summed E-state index contributed by atoms with van der Waals surface area (Å²) in [6.45, 7) is -2.90. The van der Waals surface area contributed by atoms with E-state index in [1.807, 2.05) is 0 Å². The Hall–Kier alpha value is -2.87. The summed E-state index contributed by atoms with van der Waals surface area (Å²) in [6.07, 6.45) is -2.82. The zero-order chi connectivity index (χ0) is 24.9. The van der Waals surface area contributed by atoms with Crippen molar-refractivity contribution in [2.75, 3.05) is 13.1 Å². The molecule has 37 heavy (non-hydrogen) atoms. The number of nitrogens with two attached hydrogens (primary N) is 1. The molecule has 0 amide bonds. The van der Waals surface area contributed by atoms with E-state index in [-0.39, 0.29) is 77.6 Å². The van der Waals surface area contributed by atoms with Crippen LogP contribution in [0.1, 0.15) is 18.0 Å². The summed E-state index contributed by atoms with van der Waals surface area (Å²) in [5.41, 5.74) is 6.12. The van der Waals surface area contributed by atoms with Crippen LogP contribution in [0.3, 0.4) is 0 Å².